The van der Waals surface area contributed by atoms with Crippen LogP contribution in [0.3, 0.4) is 0 Å². The molecule has 0 aromatic rings. The van der Waals surface area contributed by atoms with Gasteiger partial charge in [-0.2, -0.15) is 0 Å². The first-order valence-corrected chi connectivity index (χ1v) is 23.6. The van der Waals surface area contributed by atoms with Gasteiger partial charge in [0, 0.05) is 19.4 Å². The van der Waals surface area contributed by atoms with Crippen molar-refractivity contribution in [3.8, 4) is 0 Å². The van der Waals surface area contributed by atoms with Gasteiger partial charge in [0.2, 0.25) is 0 Å². The molecule has 326 valence electrons. The van der Waals surface area contributed by atoms with Crippen molar-refractivity contribution >= 4 is 17.9 Å². The highest BCUT2D eigenvalue weighted by Gasteiger charge is 2.20. The molecule has 0 aliphatic carbocycles. The Bertz CT molecular complexity index is 880. The Balaban J connectivity index is 4.30. The van der Waals surface area contributed by atoms with Crippen molar-refractivity contribution in [2.75, 3.05) is 40.5 Å². The quantitative estimate of drug-likeness (QED) is 0.0348. The standard InChI is InChI=1S/C48H93NO6/c1-9-11-21-28-43(29-22-12-10-2)36-39-53-46(50)32-25-19-15-13-17-23-30-44(48(52)54-38-27-37-49(7)8)31-24-18-14-16-20-26-33-47(51)55-40-45(42(5)6)35-34-41(3)4/h41-45H,9-40H2,1-8H3. The summed E-state index contributed by atoms with van der Waals surface area (Å²) in [5.74, 6) is 2.24. The molecule has 0 aromatic carbocycles. The van der Waals surface area contributed by atoms with E-state index in [-0.39, 0.29) is 23.8 Å². The molecule has 0 rings (SSSR count). The minimum Gasteiger partial charge on any atom is -0.466 e. The van der Waals surface area contributed by atoms with E-state index in [2.05, 4.69) is 46.4 Å². The van der Waals surface area contributed by atoms with E-state index in [0.717, 1.165) is 116 Å². The van der Waals surface area contributed by atoms with E-state index in [1.54, 1.807) is 0 Å². The van der Waals surface area contributed by atoms with Gasteiger partial charge in [-0.3, -0.25) is 14.4 Å². The molecule has 0 radical (unpaired) electrons. The summed E-state index contributed by atoms with van der Waals surface area (Å²) in [5.41, 5.74) is 0. The summed E-state index contributed by atoms with van der Waals surface area (Å²) in [4.78, 5) is 39.8. The van der Waals surface area contributed by atoms with Crippen molar-refractivity contribution in [2.45, 2.75) is 221 Å². The predicted octanol–water partition coefficient (Wildman–Crippen LogP) is 13.3. The van der Waals surface area contributed by atoms with Gasteiger partial charge in [0.25, 0.3) is 0 Å². The number of carbonyl (C=O) groups excluding carboxylic acids is 3. The third kappa shape index (κ3) is 35.3. The number of nitrogens with zero attached hydrogens (tertiary/aromatic N) is 1. The molecule has 55 heavy (non-hydrogen) atoms. The minimum atomic E-state index is -0.0492. The van der Waals surface area contributed by atoms with Gasteiger partial charge < -0.3 is 19.1 Å². The lowest BCUT2D eigenvalue weighted by Crippen LogP contribution is -2.21. The first-order valence-electron chi connectivity index (χ1n) is 23.6. The number of carbonyl (C=O) groups is 3. The highest BCUT2D eigenvalue weighted by atomic mass is 16.5. The fourth-order valence-electron chi connectivity index (χ4n) is 7.43. The molecule has 7 heteroatoms. The first-order chi connectivity index (χ1) is 26.5. The lowest BCUT2D eigenvalue weighted by Gasteiger charge is -2.21. The minimum absolute atomic E-state index is 0.0167. The molecule has 0 spiro atoms. The average molecular weight is 780 g/mol. The van der Waals surface area contributed by atoms with Gasteiger partial charge in [0.1, 0.15) is 0 Å². The molecule has 7 nitrogen and oxygen atoms in total. The van der Waals surface area contributed by atoms with E-state index in [1.807, 2.05) is 14.1 Å². The molecule has 2 atom stereocenters. The molecule has 0 aliphatic rings. The van der Waals surface area contributed by atoms with E-state index in [9.17, 15) is 14.4 Å². The normalized spacial score (nSPS) is 12.9. The number of hydrogen-bond acceptors (Lipinski definition) is 7. The van der Waals surface area contributed by atoms with Crippen molar-refractivity contribution < 1.29 is 28.6 Å². The van der Waals surface area contributed by atoms with Crippen LogP contribution in [-0.4, -0.2) is 63.3 Å². The van der Waals surface area contributed by atoms with Gasteiger partial charge in [0.15, 0.2) is 0 Å². The van der Waals surface area contributed by atoms with E-state index < -0.39 is 0 Å². The molecular formula is C48H93NO6. The van der Waals surface area contributed by atoms with Gasteiger partial charge in [-0.25, -0.2) is 0 Å². The van der Waals surface area contributed by atoms with Gasteiger partial charge in [0.05, 0.1) is 25.7 Å². The molecule has 0 heterocycles. The molecule has 0 saturated heterocycles. The molecule has 0 amide bonds. The second-order valence-electron chi connectivity index (χ2n) is 17.9. The second-order valence-corrected chi connectivity index (χ2v) is 17.9. The maximum atomic E-state index is 13.0. The van der Waals surface area contributed by atoms with E-state index in [0.29, 0.717) is 56.3 Å². The van der Waals surface area contributed by atoms with E-state index in [4.69, 9.17) is 14.2 Å². The fraction of sp³-hybridized carbons (Fsp3) is 0.938. The number of esters is 3. The van der Waals surface area contributed by atoms with E-state index in [1.165, 1.54) is 57.8 Å². The Hall–Kier alpha value is -1.63. The van der Waals surface area contributed by atoms with Crippen LogP contribution in [0.5, 0.6) is 0 Å². The van der Waals surface area contributed by atoms with Gasteiger partial charge in [-0.1, -0.05) is 164 Å². The highest BCUT2D eigenvalue weighted by molar-refractivity contribution is 5.72. The van der Waals surface area contributed by atoms with Gasteiger partial charge in [-0.05, 0) is 82.7 Å². The second kappa shape index (κ2) is 37.9. The molecule has 0 aliphatic heterocycles. The molecule has 0 fully saturated rings. The molecular weight excluding hydrogens is 687 g/mol. The van der Waals surface area contributed by atoms with Crippen LogP contribution in [0.2, 0.25) is 0 Å². The number of rotatable bonds is 40. The van der Waals surface area contributed by atoms with Crippen LogP contribution in [0.4, 0.5) is 0 Å². The fourth-order valence-corrected chi connectivity index (χ4v) is 7.43. The van der Waals surface area contributed by atoms with Crippen molar-refractivity contribution in [3.63, 3.8) is 0 Å². The highest BCUT2D eigenvalue weighted by Crippen LogP contribution is 2.24. The van der Waals surface area contributed by atoms with Gasteiger partial charge >= 0.3 is 17.9 Å². The zero-order valence-corrected chi connectivity index (χ0v) is 37.9. The van der Waals surface area contributed by atoms with Crippen LogP contribution < -0.4 is 0 Å². The summed E-state index contributed by atoms with van der Waals surface area (Å²) in [7, 11) is 4.09. The Morgan fingerprint density at radius 2 is 0.982 bits per heavy atom. The average Bonchev–Trinajstić information content (AvgIpc) is 3.14. The largest absolute Gasteiger partial charge is 0.466 e. The monoisotopic (exact) mass is 780 g/mol. The third-order valence-electron chi connectivity index (χ3n) is 11.4. The van der Waals surface area contributed by atoms with Crippen LogP contribution >= 0.6 is 0 Å². The summed E-state index contributed by atoms with van der Waals surface area (Å²) < 4.78 is 17.0. The predicted molar refractivity (Wildman–Crippen MR) is 232 cm³/mol. The number of hydrogen-bond donors (Lipinski definition) is 0. The summed E-state index contributed by atoms with van der Waals surface area (Å²) in [6.45, 7) is 16.0. The van der Waals surface area contributed by atoms with Crippen molar-refractivity contribution in [3.05, 3.63) is 0 Å². The Kier molecular flexibility index (Phi) is 36.8. The number of ether oxygens (including phenoxy) is 3. The summed E-state index contributed by atoms with van der Waals surface area (Å²) in [5, 5.41) is 0. The van der Waals surface area contributed by atoms with E-state index >= 15 is 0 Å². The molecule has 2 unspecified atom stereocenters. The Morgan fingerprint density at radius 1 is 0.491 bits per heavy atom. The Morgan fingerprint density at radius 3 is 1.47 bits per heavy atom. The lowest BCUT2D eigenvalue weighted by molar-refractivity contribution is -0.149. The van der Waals surface area contributed by atoms with Gasteiger partial charge in [-0.15, -0.1) is 0 Å². The van der Waals surface area contributed by atoms with Crippen LogP contribution in [0.1, 0.15) is 221 Å². The van der Waals surface area contributed by atoms with Crippen LogP contribution in [0.25, 0.3) is 0 Å². The zero-order valence-electron chi connectivity index (χ0n) is 37.9. The van der Waals surface area contributed by atoms with Crippen molar-refractivity contribution in [2.24, 2.45) is 29.6 Å². The first kappa shape index (κ1) is 53.4. The third-order valence-corrected chi connectivity index (χ3v) is 11.4. The summed E-state index contributed by atoms with van der Waals surface area (Å²) in [6, 6.07) is 0. The van der Waals surface area contributed by atoms with Crippen LogP contribution in [0, 0.1) is 29.6 Å². The SMILES string of the molecule is CCCCCC(CCCCC)CCOC(=O)CCCCCCCCC(CCCCCCCCC(=O)OCC(CCC(C)C)C(C)C)C(=O)OCCCN(C)C. The van der Waals surface area contributed by atoms with Crippen molar-refractivity contribution in [1.82, 2.24) is 4.90 Å². The molecule has 0 aromatic heterocycles. The van der Waals surface area contributed by atoms with Crippen LogP contribution in [0.15, 0.2) is 0 Å². The molecule has 0 bridgehead atoms. The topological polar surface area (TPSA) is 82.1 Å². The zero-order chi connectivity index (χ0) is 40.9. The Labute approximate surface area is 341 Å². The van der Waals surface area contributed by atoms with Crippen LogP contribution in [-0.2, 0) is 28.6 Å². The lowest BCUT2D eigenvalue weighted by atomic mass is 9.89. The summed E-state index contributed by atoms with van der Waals surface area (Å²) >= 11 is 0. The smallest absolute Gasteiger partial charge is 0.308 e. The molecule has 0 N–H and O–H groups in total. The number of unbranched alkanes of at least 4 members (excludes halogenated alkanes) is 14. The summed E-state index contributed by atoms with van der Waals surface area (Å²) in [6.07, 6.45) is 30.0. The molecule has 0 saturated carbocycles. The van der Waals surface area contributed by atoms with Crippen molar-refractivity contribution in [1.29, 1.82) is 0 Å². The maximum Gasteiger partial charge on any atom is 0.308 e. The maximum absolute atomic E-state index is 13.0.